The van der Waals surface area contributed by atoms with Gasteiger partial charge >= 0.3 is 0 Å². The van der Waals surface area contributed by atoms with E-state index in [4.69, 9.17) is 0 Å². The molecule has 136 valence electrons. The molecule has 0 saturated heterocycles. The van der Waals surface area contributed by atoms with Gasteiger partial charge in [-0.1, -0.05) is 6.92 Å². The van der Waals surface area contributed by atoms with Crippen molar-refractivity contribution in [1.29, 1.82) is 0 Å². The molecule has 4 heteroatoms. The first-order chi connectivity index (χ1) is 12.4. The zero-order valence-corrected chi connectivity index (χ0v) is 16.0. The zero-order chi connectivity index (χ0) is 18.8. The SMILES string of the molecule is CCN(C)CCCn1c2ccc(C(C)=O)cc2c2cc(C(C)=O)ccc21. The van der Waals surface area contributed by atoms with Crippen LogP contribution in [0.2, 0.25) is 0 Å². The van der Waals surface area contributed by atoms with Gasteiger partial charge in [-0.3, -0.25) is 9.59 Å². The second-order valence-electron chi connectivity index (χ2n) is 6.98. The Bertz CT molecular complexity index is 913. The quantitative estimate of drug-likeness (QED) is 0.588. The van der Waals surface area contributed by atoms with Crippen molar-refractivity contribution in [3.63, 3.8) is 0 Å². The molecule has 0 amide bonds. The molecule has 0 spiro atoms. The smallest absolute Gasteiger partial charge is 0.159 e. The van der Waals surface area contributed by atoms with Crippen LogP contribution >= 0.6 is 0 Å². The van der Waals surface area contributed by atoms with Crippen molar-refractivity contribution in [2.45, 2.75) is 33.7 Å². The number of benzene rings is 2. The van der Waals surface area contributed by atoms with E-state index >= 15 is 0 Å². The van der Waals surface area contributed by atoms with Gasteiger partial charge in [0.2, 0.25) is 0 Å². The summed E-state index contributed by atoms with van der Waals surface area (Å²) < 4.78 is 2.31. The number of aromatic nitrogens is 1. The van der Waals surface area contributed by atoms with Crippen LogP contribution in [0.25, 0.3) is 21.8 Å². The highest BCUT2D eigenvalue weighted by Gasteiger charge is 2.14. The molecule has 0 saturated carbocycles. The Morgan fingerprint density at radius 2 is 1.42 bits per heavy atom. The Balaban J connectivity index is 2.14. The van der Waals surface area contributed by atoms with Crippen LogP contribution in [0.1, 0.15) is 47.9 Å². The average molecular weight is 350 g/mol. The molecule has 0 unspecified atom stereocenters. The number of hydrogen-bond donors (Lipinski definition) is 0. The fourth-order valence-electron chi connectivity index (χ4n) is 3.44. The van der Waals surface area contributed by atoms with Crippen molar-refractivity contribution >= 4 is 33.4 Å². The Labute approximate surface area is 154 Å². The van der Waals surface area contributed by atoms with Crippen LogP contribution in [0.4, 0.5) is 0 Å². The Kier molecular flexibility index (Phi) is 5.23. The number of ketones is 2. The number of nitrogens with zero attached hydrogens (tertiary/aromatic N) is 2. The highest BCUT2D eigenvalue weighted by molar-refractivity contribution is 6.12. The maximum Gasteiger partial charge on any atom is 0.159 e. The van der Waals surface area contributed by atoms with Crippen LogP contribution < -0.4 is 0 Å². The molecule has 3 rings (SSSR count). The van der Waals surface area contributed by atoms with Gasteiger partial charge in [-0.15, -0.1) is 0 Å². The van der Waals surface area contributed by atoms with Gasteiger partial charge in [0.15, 0.2) is 11.6 Å². The van der Waals surface area contributed by atoms with Crippen LogP contribution in [0.15, 0.2) is 36.4 Å². The standard InChI is InChI=1S/C22H26N2O2/c1-5-23(4)11-6-12-24-21-9-7-17(15(2)25)13-19(21)20-14-18(16(3)26)8-10-22(20)24/h7-10,13-14H,5-6,11-12H2,1-4H3. The Morgan fingerprint density at radius 1 is 0.923 bits per heavy atom. The van der Waals surface area contributed by atoms with E-state index in [0.717, 1.165) is 47.9 Å². The molecule has 2 aromatic carbocycles. The molecule has 4 nitrogen and oxygen atoms in total. The number of carbonyl (C=O) groups excluding carboxylic acids is 2. The van der Waals surface area contributed by atoms with E-state index in [9.17, 15) is 9.59 Å². The molecule has 0 fully saturated rings. The van der Waals surface area contributed by atoms with Gasteiger partial charge in [0.1, 0.15) is 0 Å². The third kappa shape index (κ3) is 3.42. The van der Waals surface area contributed by atoms with Crippen LogP contribution in [0, 0.1) is 0 Å². The maximum atomic E-state index is 11.8. The largest absolute Gasteiger partial charge is 0.340 e. The fraction of sp³-hybridized carbons (Fsp3) is 0.364. The molecule has 0 aliphatic rings. The van der Waals surface area contributed by atoms with Crippen molar-refractivity contribution in [2.75, 3.05) is 20.1 Å². The fourth-order valence-corrected chi connectivity index (χ4v) is 3.44. The van der Waals surface area contributed by atoms with Crippen molar-refractivity contribution in [3.05, 3.63) is 47.5 Å². The van der Waals surface area contributed by atoms with E-state index in [1.807, 2.05) is 36.4 Å². The highest BCUT2D eigenvalue weighted by Crippen LogP contribution is 2.31. The summed E-state index contributed by atoms with van der Waals surface area (Å²) in [6.07, 6.45) is 1.05. The summed E-state index contributed by atoms with van der Waals surface area (Å²) in [6.45, 7) is 8.31. The minimum absolute atomic E-state index is 0.0556. The zero-order valence-electron chi connectivity index (χ0n) is 16.0. The number of carbonyl (C=O) groups is 2. The highest BCUT2D eigenvalue weighted by atomic mass is 16.1. The number of rotatable bonds is 7. The van der Waals surface area contributed by atoms with Gasteiger partial charge < -0.3 is 9.47 Å². The minimum atomic E-state index is 0.0556. The van der Waals surface area contributed by atoms with E-state index in [1.54, 1.807) is 13.8 Å². The Hall–Kier alpha value is -2.46. The summed E-state index contributed by atoms with van der Waals surface area (Å²) in [5, 5.41) is 2.08. The van der Waals surface area contributed by atoms with Gasteiger partial charge in [0.25, 0.3) is 0 Å². The lowest BCUT2D eigenvalue weighted by Gasteiger charge is -2.14. The van der Waals surface area contributed by atoms with Gasteiger partial charge in [-0.05, 0) is 76.8 Å². The second-order valence-corrected chi connectivity index (χ2v) is 6.98. The lowest BCUT2D eigenvalue weighted by molar-refractivity contribution is 0.100. The summed E-state index contributed by atoms with van der Waals surface area (Å²) in [6, 6.07) is 11.8. The molecule has 26 heavy (non-hydrogen) atoms. The van der Waals surface area contributed by atoms with Crippen LogP contribution in [0.3, 0.4) is 0 Å². The first-order valence-electron chi connectivity index (χ1n) is 9.18. The van der Waals surface area contributed by atoms with Crippen molar-refractivity contribution in [2.24, 2.45) is 0 Å². The average Bonchev–Trinajstić information content (AvgIpc) is 2.94. The summed E-state index contributed by atoms with van der Waals surface area (Å²) in [5.41, 5.74) is 3.64. The van der Waals surface area contributed by atoms with E-state index in [-0.39, 0.29) is 11.6 Å². The van der Waals surface area contributed by atoms with Crippen LogP contribution in [0.5, 0.6) is 0 Å². The summed E-state index contributed by atoms with van der Waals surface area (Å²) >= 11 is 0. The molecular weight excluding hydrogens is 324 g/mol. The number of fused-ring (bicyclic) bond motifs is 3. The minimum Gasteiger partial charge on any atom is -0.340 e. The van der Waals surface area contributed by atoms with Gasteiger partial charge in [-0.2, -0.15) is 0 Å². The number of hydrogen-bond acceptors (Lipinski definition) is 3. The molecule has 0 radical (unpaired) electrons. The van der Waals surface area contributed by atoms with E-state index in [2.05, 4.69) is 23.4 Å². The van der Waals surface area contributed by atoms with Crippen molar-refractivity contribution < 1.29 is 9.59 Å². The van der Waals surface area contributed by atoms with Gasteiger partial charge in [0.05, 0.1) is 0 Å². The number of aryl methyl sites for hydroxylation is 1. The van der Waals surface area contributed by atoms with Crippen molar-refractivity contribution in [3.8, 4) is 0 Å². The van der Waals surface area contributed by atoms with Gasteiger partial charge in [0, 0.05) is 39.5 Å². The molecule has 0 aliphatic carbocycles. The Morgan fingerprint density at radius 3 is 1.85 bits per heavy atom. The lowest BCUT2D eigenvalue weighted by Crippen LogP contribution is -2.20. The lowest BCUT2D eigenvalue weighted by atomic mass is 10.0. The molecule has 0 aliphatic heterocycles. The predicted molar refractivity (Wildman–Crippen MR) is 107 cm³/mol. The third-order valence-electron chi connectivity index (χ3n) is 5.14. The molecule has 3 aromatic rings. The van der Waals surface area contributed by atoms with Crippen LogP contribution in [-0.2, 0) is 6.54 Å². The van der Waals surface area contributed by atoms with E-state index in [0.29, 0.717) is 11.1 Å². The maximum absolute atomic E-state index is 11.8. The van der Waals surface area contributed by atoms with Crippen molar-refractivity contribution in [1.82, 2.24) is 9.47 Å². The summed E-state index contributed by atoms with van der Waals surface area (Å²) in [7, 11) is 2.13. The molecule has 1 heterocycles. The summed E-state index contributed by atoms with van der Waals surface area (Å²) in [5.74, 6) is 0.111. The normalized spacial score (nSPS) is 11.6. The molecular formula is C22H26N2O2. The first-order valence-corrected chi connectivity index (χ1v) is 9.18. The molecule has 1 aromatic heterocycles. The van der Waals surface area contributed by atoms with Crippen LogP contribution in [-0.4, -0.2) is 41.2 Å². The van der Waals surface area contributed by atoms with E-state index in [1.165, 1.54) is 0 Å². The molecule has 0 atom stereocenters. The number of Topliss-reactive ketones (excluding diaryl/α,β-unsaturated/α-hetero) is 2. The molecule has 0 N–H and O–H groups in total. The van der Waals surface area contributed by atoms with E-state index < -0.39 is 0 Å². The predicted octanol–water partition coefficient (Wildman–Crippen LogP) is 4.54. The first kappa shape index (κ1) is 18.3. The monoisotopic (exact) mass is 350 g/mol. The second kappa shape index (κ2) is 7.42. The van der Waals surface area contributed by atoms with Gasteiger partial charge in [-0.25, -0.2) is 0 Å². The third-order valence-corrected chi connectivity index (χ3v) is 5.14. The summed E-state index contributed by atoms with van der Waals surface area (Å²) in [4.78, 5) is 25.9. The topological polar surface area (TPSA) is 42.3 Å². The molecule has 0 bridgehead atoms.